The van der Waals surface area contributed by atoms with E-state index in [9.17, 15) is 4.79 Å². The van der Waals surface area contributed by atoms with E-state index in [2.05, 4.69) is 10.9 Å². The van der Waals surface area contributed by atoms with Crippen molar-refractivity contribution < 1.29 is 9.53 Å². The molecule has 0 aliphatic carbocycles. The highest BCUT2D eigenvalue weighted by Gasteiger charge is 2.15. The van der Waals surface area contributed by atoms with Gasteiger partial charge in [-0.2, -0.15) is 0 Å². The molecule has 94 valence electrons. The SMILES string of the molecule is CNNC(=O)C(N)Cc1cc(C)ccc1OC. The normalized spacial score (nSPS) is 12.0. The Hall–Kier alpha value is -1.59. The van der Waals surface area contributed by atoms with Crippen LogP contribution >= 0.6 is 0 Å². The van der Waals surface area contributed by atoms with Gasteiger partial charge >= 0.3 is 0 Å². The summed E-state index contributed by atoms with van der Waals surface area (Å²) in [5.41, 5.74) is 12.9. The molecule has 0 saturated carbocycles. The van der Waals surface area contributed by atoms with Crippen LogP contribution in [-0.4, -0.2) is 26.1 Å². The van der Waals surface area contributed by atoms with E-state index in [0.717, 1.165) is 16.9 Å². The summed E-state index contributed by atoms with van der Waals surface area (Å²) in [6.45, 7) is 1.99. The van der Waals surface area contributed by atoms with Crippen LogP contribution < -0.4 is 21.3 Å². The molecule has 0 saturated heterocycles. The Morgan fingerprint density at radius 2 is 2.24 bits per heavy atom. The van der Waals surface area contributed by atoms with Gasteiger partial charge in [0.2, 0.25) is 0 Å². The standard InChI is InChI=1S/C12H19N3O2/c1-8-4-5-11(17-3)9(6-8)7-10(13)12(16)15-14-2/h4-6,10,14H,7,13H2,1-3H3,(H,15,16). The second-order valence-corrected chi connectivity index (χ2v) is 3.87. The van der Waals surface area contributed by atoms with Crippen molar-refractivity contribution in [1.82, 2.24) is 10.9 Å². The number of aryl methyl sites for hydroxylation is 1. The first-order valence-electron chi connectivity index (χ1n) is 5.44. The molecule has 1 aromatic rings. The zero-order valence-electron chi connectivity index (χ0n) is 10.4. The topological polar surface area (TPSA) is 76.4 Å². The maximum Gasteiger partial charge on any atom is 0.251 e. The summed E-state index contributed by atoms with van der Waals surface area (Å²) in [5, 5.41) is 0. The number of ether oxygens (including phenoxy) is 1. The number of nitrogens with two attached hydrogens (primary N) is 1. The van der Waals surface area contributed by atoms with Crippen molar-refractivity contribution in [2.75, 3.05) is 14.2 Å². The molecule has 0 aliphatic rings. The fraction of sp³-hybridized carbons (Fsp3) is 0.417. The van der Waals surface area contributed by atoms with E-state index in [-0.39, 0.29) is 5.91 Å². The second-order valence-electron chi connectivity index (χ2n) is 3.87. The molecule has 0 aromatic heterocycles. The highest BCUT2D eigenvalue weighted by atomic mass is 16.5. The van der Waals surface area contributed by atoms with Gasteiger partial charge in [-0.3, -0.25) is 10.2 Å². The first kappa shape index (κ1) is 13.5. The van der Waals surface area contributed by atoms with Gasteiger partial charge in [-0.05, 0) is 18.6 Å². The predicted octanol–water partition coefficient (Wildman–Crippen LogP) is 0.124. The van der Waals surface area contributed by atoms with Crippen molar-refractivity contribution in [2.45, 2.75) is 19.4 Å². The number of hydrogen-bond acceptors (Lipinski definition) is 4. The van der Waals surface area contributed by atoms with Gasteiger partial charge in [0.25, 0.3) is 5.91 Å². The molecule has 4 N–H and O–H groups in total. The van der Waals surface area contributed by atoms with Crippen molar-refractivity contribution in [2.24, 2.45) is 5.73 Å². The monoisotopic (exact) mass is 237 g/mol. The number of nitrogens with one attached hydrogen (secondary N) is 2. The Kier molecular flexibility index (Phi) is 4.93. The first-order valence-corrected chi connectivity index (χ1v) is 5.44. The van der Waals surface area contributed by atoms with Gasteiger partial charge in [0.15, 0.2) is 0 Å². The van der Waals surface area contributed by atoms with Crippen LogP contribution in [0, 0.1) is 6.92 Å². The van der Waals surface area contributed by atoms with Crippen LogP contribution in [0.2, 0.25) is 0 Å². The molecule has 0 radical (unpaired) electrons. The summed E-state index contributed by atoms with van der Waals surface area (Å²) in [7, 11) is 3.23. The highest BCUT2D eigenvalue weighted by Crippen LogP contribution is 2.20. The molecule has 0 spiro atoms. The number of carbonyl (C=O) groups excluding carboxylic acids is 1. The second kappa shape index (κ2) is 6.22. The number of hydrogen-bond donors (Lipinski definition) is 3. The molecule has 1 aromatic carbocycles. The van der Waals surface area contributed by atoms with E-state index >= 15 is 0 Å². The molecule has 1 unspecified atom stereocenters. The predicted molar refractivity (Wildman–Crippen MR) is 66.6 cm³/mol. The lowest BCUT2D eigenvalue weighted by atomic mass is 10.0. The third kappa shape index (κ3) is 3.72. The summed E-state index contributed by atoms with van der Waals surface area (Å²) in [6, 6.07) is 5.22. The van der Waals surface area contributed by atoms with E-state index in [0.29, 0.717) is 6.42 Å². The number of amides is 1. The van der Waals surface area contributed by atoms with E-state index < -0.39 is 6.04 Å². The van der Waals surface area contributed by atoms with Crippen LogP contribution in [-0.2, 0) is 11.2 Å². The van der Waals surface area contributed by atoms with Crippen molar-refractivity contribution in [3.8, 4) is 5.75 Å². The minimum Gasteiger partial charge on any atom is -0.496 e. The minimum absolute atomic E-state index is 0.240. The number of rotatable bonds is 5. The lowest BCUT2D eigenvalue weighted by Crippen LogP contribution is -2.46. The third-order valence-electron chi connectivity index (χ3n) is 2.46. The highest BCUT2D eigenvalue weighted by molar-refractivity contribution is 5.81. The number of benzene rings is 1. The van der Waals surface area contributed by atoms with Gasteiger partial charge in [-0.25, -0.2) is 5.43 Å². The molecular formula is C12H19N3O2. The molecule has 0 bridgehead atoms. The Labute approximate surface area is 101 Å². The Morgan fingerprint density at radius 1 is 1.53 bits per heavy atom. The van der Waals surface area contributed by atoms with Gasteiger partial charge in [0, 0.05) is 13.5 Å². The average molecular weight is 237 g/mol. The zero-order valence-corrected chi connectivity index (χ0v) is 10.4. The number of hydrazine groups is 1. The Balaban J connectivity index is 2.79. The lowest BCUT2D eigenvalue weighted by molar-refractivity contribution is -0.123. The Morgan fingerprint density at radius 3 is 2.82 bits per heavy atom. The summed E-state index contributed by atoms with van der Waals surface area (Å²) >= 11 is 0. The van der Waals surface area contributed by atoms with Crippen LogP contribution in [0.5, 0.6) is 5.75 Å². The smallest absolute Gasteiger partial charge is 0.251 e. The van der Waals surface area contributed by atoms with Crippen LogP contribution in [0.3, 0.4) is 0 Å². The molecule has 5 heteroatoms. The fourth-order valence-corrected chi connectivity index (χ4v) is 1.61. The van der Waals surface area contributed by atoms with E-state index in [1.165, 1.54) is 0 Å². The summed E-state index contributed by atoms with van der Waals surface area (Å²) in [5.74, 6) is 0.513. The van der Waals surface area contributed by atoms with Gasteiger partial charge in [0.1, 0.15) is 5.75 Å². The molecule has 0 heterocycles. The van der Waals surface area contributed by atoms with Gasteiger partial charge in [-0.1, -0.05) is 17.7 Å². The molecule has 1 amide bonds. The molecule has 5 nitrogen and oxygen atoms in total. The summed E-state index contributed by atoms with van der Waals surface area (Å²) < 4.78 is 5.24. The number of carbonyl (C=O) groups is 1. The largest absolute Gasteiger partial charge is 0.496 e. The molecular weight excluding hydrogens is 218 g/mol. The maximum atomic E-state index is 11.5. The van der Waals surface area contributed by atoms with Crippen LogP contribution in [0.25, 0.3) is 0 Å². The molecule has 1 atom stereocenters. The molecule has 0 aliphatic heterocycles. The maximum absolute atomic E-state index is 11.5. The van der Waals surface area contributed by atoms with Crippen LogP contribution in [0.4, 0.5) is 0 Å². The minimum atomic E-state index is -0.599. The van der Waals surface area contributed by atoms with E-state index in [4.69, 9.17) is 10.5 Å². The molecule has 0 fully saturated rings. The quantitative estimate of drug-likeness (QED) is 0.636. The first-order chi connectivity index (χ1) is 8.08. The fourth-order valence-electron chi connectivity index (χ4n) is 1.61. The van der Waals surface area contributed by atoms with Crippen molar-refractivity contribution >= 4 is 5.91 Å². The van der Waals surface area contributed by atoms with Crippen molar-refractivity contribution in [3.63, 3.8) is 0 Å². The van der Waals surface area contributed by atoms with Gasteiger partial charge < -0.3 is 10.5 Å². The number of methoxy groups -OCH3 is 1. The zero-order chi connectivity index (χ0) is 12.8. The van der Waals surface area contributed by atoms with Crippen molar-refractivity contribution in [1.29, 1.82) is 0 Å². The van der Waals surface area contributed by atoms with Gasteiger partial charge in [-0.15, -0.1) is 0 Å². The average Bonchev–Trinajstić information content (AvgIpc) is 2.29. The lowest BCUT2D eigenvalue weighted by Gasteiger charge is -2.14. The summed E-state index contributed by atoms with van der Waals surface area (Å²) in [4.78, 5) is 11.5. The van der Waals surface area contributed by atoms with Gasteiger partial charge in [0.05, 0.1) is 13.2 Å². The molecule has 1 rings (SSSR count). The third-order valence-corrected chi connectivity index (χ3v) is 2.46. The summed E-state index contributed by atoms with van der Waals surface area (Å²) in [6.07, 6.45) is 0.443. The van der Waals surface area contributed by atoms with Crippen LogP contribution in [0.1, 0.15) is 11.1 Å². The Bertz CT molecular complexity index is 393. The van der Waals surface area contributed by atoms with Crippen LogP contribution in [0.15, 0.2) is 18.2 Å². The van der Waals surface area contributed by atoms with E-state index in [1.54, 1.807) is 14.2 Å². The molecule has 17 heavy (non-hydrogen) atoms. The van der Waals surface area contributed by atoms with E-state index in [1.807, 2.05) is 25.1 Å². The van der Waals surface area contributed by atoms with Crippen molar-refractivity contribution in [3.05, 3.63) is 29.3 Å².